The van der Waals surface area contributed by atoms with Gasteiger partial charge in [-0.3, -0.25) is 14.3 Å². The van der Waals surface area contributed by atoms with Crippen molar-refractivity contribution in [2.24, 2.45) is 0 Å². The zero-order chi connectivity index (χ0) is 12.4. The molecule has 0 spiro atoms. The molecule has 94 valence electrons. The summed E-state index contributed by atoms with van der Waals surface area (Å²) in [4.78, 5) is 25.0. The van der Waals surface area contributed by atoms with E-state index in [4.69, 9.17) is 14.6 Å². The smallest absolute Gasteiger partial charge is 0.330 e. The second-order valence-corrected chi connectivity index (χ2v) is 3.84. The summed E-state index contributed by atoms with van der Waals surface area (Å²) in [5.74, 6) is 0.0562. The third-order valence-corrected chi connectivity index (χ3v) is 2.75. The van der Waals surface area contributed by atoms with Crippen molar-refractivity contribution in [3.05, 3.63) is 27.0 Å². The Bertz CT molecular complexity index is 506. The third kappa shape index (κ3) is 2.25. The van der Waals surface area contributed by atoms with Crippen molar-refractivity contribution in [1.82, 2.24) is 9.55 Å². The highest BCUT2D eigenvalue weighted by Crippen LogP contribution is 2.26. The summed E-state index contributed by atoms with van der Waals surface area (Å²) in [7, 11) is 1.35. The predicted octanol–water partition coefficient (Wildman–Crippen LogP) is -0.785. The number of aromatic amines is 1. The highest BCUT2D eigenvalue weighted by Gasteiger charge is 2.27. The largest absolute Gasteiger partial charge is 0.490 e. The van der Waals surface area contributed by atoms with Crippen LogP contribution in [0.15, 0.2) is 15.8 Å². The number of nitrogens with zero attached hydrogens (tertiary/aromatic N) is 1. The zero-order valence-corrected chi connectivity index (χ0v) is 9.38. The molecule has 1 aromatic heterocycles. The molecule has 1 aliphatic rings. The molecule has 1 saturated heterocycles. The van der Waals surface area contributed by atoms with Crippen molar-refractivity contribution >= 4 is 0 Å². The molecule has 7 nitrogen and oxygen atoms in total. The summed E-state index contributed by atoms with van der Waals surface area (Å²) in [6, 6.07) is 0. The number of nitrogens with one attached hydrogen (secondary N) is 1. The molecule has 0 saturated carbocycles. The number of hydrogen-bond donors (Lipinski definition) is 2. The fourth-order valence-corrected chi connectivity index (χ4v) is 1.85. The van der Waals surface area contributed by atoms with E-state index in [2.05, 4.69) is 4.98 Å². The second-order valence-electron chi connectivity index (χ2n) is 3.84. The molecule has 2 N–H and O–H groups in total. The van der Waals surface area contributed by atoms with Crippen LogP contribution in [0.3, 0.4) is 0 Å². The van der Waals surface area contributed by atoms with Crippen LogP contribution >= 0.6 is 0 Å². The fourth-order valence-electron chi connectivity index (χ4n) is 1.85. The van der Waals surface area contributed by atoms with Gasteiger partial charge in [-0.2, -0.15) is 0 Å². The molecule has 0 amide bonds. The lowest BCUT2D eigenvalue weighted by atomic mass is 10.2. The molecule has 2 atom stereocenters. The predicted molar refractivity (Wildman–Crippen MR) is 58.1 cm³/mol. The van der Waals surface area contributed by atoms with E-state index in [-0.39, 0.29) is 18.5 Å². The number of aromatic nitrogens is 2. The van der Waals surface area contributed by atoms with Gasteiger partial charge in [-0.25, -0.2) is 4.79 Å². The molecule has 0 aliphatic carbocycles. The molecule has 1 aromatic rings. The van der Waals surface area contributed by atoms with Crippen LogP contribution in [0.2, 0.25) is 0 Å². The number of methoxy groups -OCH3 is 1. The lowest BCUT2D eigenvalue weighted by Crippen LogP contribution is -2.32. The van der Waals surface area contributed by atoms with Gasteiger partial charge in [-0.1, -0.05) is 0 Å². The van der Waals surface area contributed by atoms with Crippen LogP contribution in [0, 0.1) is 0 Å². The molecule has 17 heavy (non-hydrogen) atoms. The van der Waals surface area contributed by atoms with Gasteiger partial charge in [0.05, 0.1) is 26.0 Å². The van der Waals surface area contributed by atoms with Crippen molar-refractivity contribution in [3.8, 4) is 5.75 Å². The van der Waals surface area contributed by atoms with E-state index in [1.165, 1.54) is 17.9 Å². The van der Waals surface area contributed by atoms with Crippen LogP contribution in [0.1, 0.15) is 19.1 Å². The van der Waals surface area contributed by atoms with E-state index in [0.717, 1.165) is 0 Å². The third-order valence-electron chi connectivity index (χ3n) is 2.75. The maximum absolute atomic E-state index is 11.6. The Kier molecular flexibility index (Phi) is 3.30. The minimum atomic E-state index is -0.564. The first-order valence-corrected chi connectivity index (χ1v) is 5.31. The molecule has 0 radical (unpaired) electrons. The van der Waals surface area contributed by atoms with Crippen LogP contribution in [0.25, 0.3) is 0 Å². The van der Waals surface area contributed by atoms with E-state index < -0.39 is 17.5 Å². The first-order chi connectivity index (χ1) is 8.15. The maximum atomic E-state index is 11.6. The van der Waals surface area contributed by atoms with Crippen molar-refractivity contribution < 1.29 is 14.6 Å². The number of aliphatic hydroxyl groups is 1. The average Bonchev–Trinajstić information content (AvgIpc) is 2.78. The average molecular weight is 242 g/mol. The van der Waals surface area contributed by atoms with Crippen molar-refractivity contribution in [2.75, 3.05) is 13.7 Å². The van der Waals surface area contributed by atoms with Gasteiger partial charge in [-0.15, -0.1) is 0 Å². The molecule has 1 fully saturated rings. The number of ether oxygens (including phenoxy) is 2. The molecule has 1 aliphatic heterocycles. The summed E-state index contributed by atoms with van der Waals surface area (Å²) < 4.78 is 11.6. The van der Waals surface area contributed by atoms with Crippen LogP contribution < -0.4 is 16.0 Å². The highest BCUT2D eigenvalue weighted by molar-refractivity contribution is 5.12. The quantitative estimate of drug-likeness (QED) is 0.724. The summed E-state index contributed by atoms with van der Waals surface area (Å²) in [6.45, 7) is -0.0776. The molecule has 7 heteroatoms. The summed E-state index contributed by atoms with van der Waals surface area (Å²) >= 11 is 0. The molecule has 0 aromatic carbocycles. The summed E-state index contributed by atoms with van der Waals surface area (Å²) in [6.07, 6.45) is 1.89. The molecule has 1 unspecified atom stereocenters. The number of rotatable bonds is 3. The van der Waals surface area contributed by atoms with Gasteiger partial charge in [0.15, 0.2) is 0 Å². The minimum absolute atomic E-state index is 0.0562. The van der Waals surface area contributed by atoms with Crippen LogP contribution in [0.5, 0.6) is 5.75 Å². The second kappa shape index (κ2) is 4.72. The van der Waals surface area contributed by atoms with E-state index in [1.807, 2.05) is 0 Å². The van der Waals surface area contributed by atoms with Crippen molar-refractivity contribution in [3.63, 3.8) is 0 Å². The fraction of sp³-hybridized carbons (Fsp3) is 0.600. The Balaban J connectivity index is 2.33. The standard InChI is InChI=1S/C10H14N2O5/c1-16-7-4-12(10(15)11-9(7)14)8-3-2-6(5-13)17-8/h4,6,8,13H,2-3,5H2,1H3,(H,11,14,15)/t6?,8-/m1/s1. The first kappa shape index (κ1) is 11.9. The summed E-state index contributed by atoms with van der Waals surface area (Å²) in [5.41, 5.74) is -1.11. The Hall–Kier alpha value is -1.60. The van der Waals surface area contributed by atoms with Gasteiger partial charge in [0, 0.05) is 0 Å². The highest BCUT2D eigenvalue weighted by atomic mass is 16.5. The number of aliphatic hydroxyl groups excluding tert-OH is 1. The molecular formula is C10H14N2O5. The number of H-pyrrole nitrogens is 1. The van der Waals surface area contributed by atoms with Gasteiger partial charge < -0.3 is 14.6 Å². The Labute approximate surface area is 96.6 Å². The van der Waals surface area contributed by atoms with E-state index in [9.17, 15) is 9.59 Å². The monoisotopic (exact) mass is 242 g/mol. The topological polar surface area (TPSA) is 93.6 Å². The SMILES string of the molecule is COc1cn([C@H]2CCC(CO)O2)c(=O)[nH]c1=O. The Morgan fingerprint density at radius 2 is 2.35 bits per heavy atom. The van der Waals surface area contributed by atoms with Crippen LogP contribution in [-0.2, 0) is 4.74 Å². The van der Waals surface area contributed by atoms with Crippen molar-refractivity contribution in [2.45, 2.75) is 25.2 Å². The summed E-state index contributed by atoms with van der Waals surface area (Å²) in [5, 5.41) is 8.95. The van der Waals surface area contributed by atoms with E-state index in [0.29, 0.717) is 12.8 Å². The van der Waals surface area contributed by atoms with Gasteiger partial charge in [0.1, 0.15) is 6.23 Å². The first-order valence-electron chi connectivity index (χ1n) is 5.31. The normalized spacial score (nSPS) is 23.9. The lowest BCUT2D eigenvalue weighted by molar-refractivity contribution is -0.0249. The van der Waals surface area contributed by atoms with Gasteiger partial charge in [0.25, 0.3) is 5.56 Å². The van der Waals surface area contributed by atoms with Gasteiger partial charge in [-0.05, 0) is 12.8 Å². The molecule has 2 heterocycles. The van der Waals surface area contributed by atoms with Crippen LogP contribution in [-0.4, -0.2) is 34.5 Å². The maximum Gasteiger partial charge on any atom is 0.330 e. The molecule has 0 bridgehead atoms. The van der Waals surface area contributed by atoms with Gasteiger partial charge >= 0.3 is 5.69 Å². The number of hydrogen-bond acceptors (Lipinski definition) is 5. The van der Waals surface area contributed by atoms with E-state index >= 15 is 0 Å². The van der Waals surface area contributed by atoms with E-state index in [1.54, 1.807) is 0 Å². The Morgan fingerprint density at radius 1 is 1.59 bits per heavy atom. The molecule has 2 rings (SSSR count). The zero-order valence-electron chi connectivity index (χ0n) is 9.38. The minimum Gasteiger partial charge on any atom is -0.490 e. The van der Waals surface area contributed by atoms with Gasteiger partial charge in [0.2, 0.25) is 5.75 Å². The lowest BCUT2D eigenvalue weighted by Gasteiger charge is -2.15. The molecular weight excluding hydrogens is 228 g/mol. The van der Waals surface area contributed by atoms with Crippen LogP contribution in [0.4, 0.5) is 0 Å². The Morgan fingerprint density at radius 3 is 2.94 bits per heavy atom. The van der Waals surface area contributed by atoms with Crippen molar-refractivity contribution in [1.29, 1.82) is 0 Å².